The minimum atomic E-state index is -0.790. The maximum atomic E-state index is 14.2. The van der Waals surface area contributed by atoms with E-state index < -0.39 is 12.0 Å². The van der Waals surface area contributed by atoms with Gasteiger partial charge in [-0.3, -0.25) is 14.2 Å². The maximum absolute atomic E-state index is 14.2. The van der Waals surface area contributed by atoms with Gasteiger partial charge in [0.2, 0.25) is 0 Å². The number of ether oxygens (including phenoxy) is 2. The van der Waals surface area contributed by atoms with Gasteiger partial charge >= 0.3 is 5.97 Å². The molecule has 1 aromatic heterocycles. The third kappa shape index (κ3) is 4.52. The number of carbonyl (C=O) groups is 2. The van der Waals surface area contributed by atoms with Crippen LogP contribution in [0.4, 0.5) is 5.69 Å². The molecule has 8 nitrogen and oxygen atoms in total. The van der Waals surface area contributed by atoms with Crippen LogP contribution in [0.15, 0.2) is 82.2 Å². The van der Waals surface area contributed by atoms with Crippen LogP contribution in [-0.4, -0.2) is 36.7 Å². The molecular formula is C30H29N3O5S. The largest absolute Gasteiger partial charge is 0.497 e. The average molecular weight is 544 g/mol. The molecule has 0 radical (unpaired) electrons. The quantitative estimate of drug-likeness (QED) is 0.321. The molecule has 3 heterocycles. The first-order chi connectivity index (χ1) is 18.9. The number of hydrogen-bond donors (Lipinski definition) is 0. The number of unbranched alkanes of at least 4 members (excludes halogenated alkanes) is 1. The van der Waals surface area contributed by atoms with Crippen LogP contribution in [0.25, 0.3) is 5.57 Å². The molecule has 0 unspecified atom stereocenters. The molecule has 0 fully saturated rings. The molecule has 2 aromatic carbocycles. The van der Waals surface area contributed by atoms with E-state index in [1.54, 1.807) is 31.1 Å². The normalized spacial score (nSPS) is 17.5. The van der Waals surface area contributed by atoms with E-state index in [1.807, 2.05) is 36.4 Å². The van der Waals surface area contributed by atoms with E-state index in [2.05, 4.69) is 18.5 Å². The third-order valence-corrected chi connectivity index (χ3v) is 7.92. The molecule has 5 rings (SSSR count). The number of amides is 1. The van der Waals surface area contributed by atoms with Crippen molar-refractivity contribution in [2.45, 2.75) is 32.7 Å². The highest BCUT2D eigenvalue weighted by Gasteiger charge is 2.37. The Hall–Kier alpha value is -4.24. The third-order valence-electron chi connectivity index (χ3n) is 6.87. The van der Waals surface area contributed by atoms with Gasteiger partial charge in [0.05, 0.1) is 35.7 Å². The van der Waals surface area contributed by atoms with Crippen molar-refractivity contribution in [3.8, 4) is 5.75 Å². The number of hydrogen-bond acceptors (Lipinski definition) is 7. The molecule has 0 saturated heterocycles. The highest BCUT2D eigenvalue weighted by Crippen LogP contribution is 2.36. The van der Waals surface area contributed by atoms with Gasteiger partial charge in [-0.15, -0.1) is 0 Å². The number of methoxy groups -OCH3 is 1. The number of para-hydroxylation sites is 1. The molecule has 2 aliphatic rings. The van der Waals surface area contributed by atoms with E-state index in [0.29, 0.717) is 38.5 Å². The van der Waals surface area contributed by atoms with Gasteiger partial charge < -0.3 is 14.4 Å². The van der Waals surface area contributed by atoms with Gasteiger partial charge in [0.15, 0.2) is 4.80 Å². The van der Waals surface area contributed by atoms with E-state index >= 15 is 0 Å². The van der Waals surface area contributed by atoms with Crippen LogP contribution in [0, 0.1) is 0 Å². The first kappa shape index (κ1) is 26.4. The number of benzene rings is 2. The molecule has 1 amide bonds. The summed E-state index contributed by atoms with van der Waals surface area (Å²) in [5.74, 6) is -0.134. The molecule has 2 aliphatic heterocycles. The molecule has 0 bridgehead atoms. The van der Waals surface area contributed by atoms with Gasteiger partial charge in [0.25, 0.3) is 11.5 Å². The lowest BCUT2D eigenvalue weighted by Gasteiger charge is -2.24. The number of allylic oxidation sites excluding steroid dienone is 1. The molecule has 39 heavy (non-hydrogen) atoms. The fraction of sp³-hybridized carbons (Fsp3) is 0.267. The van der Waals surface area contributed by atoms with Gasteiger partial charge in [-0.1, -0.05) is 67.7 Å². The summed E-state index contributed by atoms with van der Waals surface area (Å²) in [5, 5.41) is 0. The van der Waals surface area contributed by atoms with Crippen LogP contribution in [-0.2, 0) is 14.3 Å². The molecule has 200 valence electrons. The Kier molecular flexibility index (Phi) is 7.34. The van der Waals surface area contributed by atoms with Crippen molar-refractivity contribution in [3.05, 3.63) is 103 Å². The number of fused-ring (bicyclic) bond motifs is 2. The summed E-state index contributed by atoms with van der Waals surface area (Å²) < 4.78 is 12.5. The number of rotatable bonds is 8. The van der Waals surface area contributed by atoms with E-state index in [-0.39, 0.29) is 23.6 Å². The van der Waals surface area contributed by atoms with Crippen LogP contribution < -0.4 is 24.5 Å². The summed E-state index contributed by atoms with van der Waals surface area (Å²) in [6.45, 7) is 8.01. The van der Waals surface area contributed by atoms with E-state index in [4.69, 9.17) is 9.47 Å². The van der Waals surface area contributed by atoms with Crippen LogP contribution in [0.3, 0.4) is 0 Å². The zero-order valence-electron chi connectivity index (χ0n) is 22.1. The summed E-state index contributed by atoms with van der Waals surface area (Å²) >= 11 is 1.17. The second-order valence-corrected chi connectivity index (χ2v) is 10.2. The van der Waals surface area contributed by atoms with Gasteiger partial charge in [-0.25, -0.2) is 9.79 Å². The number of thiazole rings is 1. The lowest BCUT2D eigenvalue weighted by Crippen LogP contribution is -2.41. The number of carbonyl (C=O) groups excluding carboxylic acids is 2. The number of esters is 1. The Balaban J connectivity index is 1.76. The Morgan fingerprint density at radius 2 is 1.90 bits per heavy atom. The summed E-state index contributed by atoms with van der Waals surface area (Å²) in [5.41, 5.74) is 2.92. The zero-order chi connectivity index (χ0) is 27.7. The van der Waals surface area contributed by atoms with Crippen LogP contribution in [0.5, 0.6) is 5.75 Å². The molecule has 9 heteroatoms. The van der Waals surface area contributed by atoms with Gasteiger partial charge in [-0.05, 0) is 37.1 Å². The lowest BCUT2D eigenvalue weighted by atomic mass is 9.96. The fourth-order valence-electron chi connectivity index (χ4n) is 4.98. The van der Waals surface area contributed by atoms with Crippen molar-refractivity contribution < 1.29 is 19.1 Å². The average Bonchev–Trinajstić information content (AvgIpc) is 3.41. The van der Waals surface area contributed by atoms with Crippen LogP contribution >= 0.6 is 11.3 Å². The zero-order valence-corrected chi connectivity index (χ0v) is 22.9. The van der Waals surface area contributed by atoms with Crippen molar-refractivity contribution in [1.82, 2.24) is 4.57 Å². The van der Waals surface area contributed by atoms with Gasteiger partial charge in [0.1, 0.15) is 16.9 Å². The molecule has 3 aromatic rings. The smallest absolute Gasteiger partial charge is 0.338 e. The Labute approximate surface area is 229 Å². The van der Waals surface area contributed by atoms with Crippen molar-refractivity contribution in [2.24, 2.45) is 4.99 Å². The molecule has 0 spiro atoms. The van der Waals surface area contributed by atoms with E-state index in [9.17, 15) is 14.4 Å². The number of nitrogens with zero attached hydrogens (tertiary/aromatic N) is 3. The fourth-order valence-corrected chi connectivity index (χ4v) is 6.12. The standard InChI is InChI=1S/C30H29N3O5S/c1-5-7-16-32-22-11-9-8-10-21(22)24(27(32)34)26-28(35)33-25(19-12-14-20(37-4)15-13-19)23(29(36)38-17-6-2)18(3)31-30(33)39-26/h6,8-15,25H,2,5,7,16-17H2,1,3-4H3/b26-24-/t25-/m1/s1. The summed E-state index contributed by atoms with van der Waals surface area (Å²) in [6.07, 6.45) is 3.28. The predicted octanol–water partition coefficient (Wildman–Crippen LogP) is 3.49. The van der Waals surface area contributed by atoms with Crippen molar-refractivity contribution >= 4 is 34.5 Å². The second-order valence-electron chi connectivity index (χ2n) is 9.27. The topological polar surface area (TPSA) is 90.2 Å². The van der Waals surface area contributed by atoms with Crippen molar-refractivity contribution in [3.63, 3.8) is 0 Å². The SMILES string of the molecule is C=CCOC(=O)C1=C(C)N=c2s/c(=C3\C(=O)N(CCCC)c4ccccc43)c(=O)n2[C@@H]1c1ccc(OC)cc1. The van der Waals surface area contributed by atoms with Gasteiger partial charge in [-0.2, -0.15) is 0 Å². The molecule has 1 atom stereocenters. The minimum absolute atomic E-state index is 0.0262. The minimum Gasteiger partial charge on any atom is -0.497 e. The highest BCUT2D eigenvalue weighted by atomic mass is 32.1. The summed E-state index contributed by atoms with van der Waals surface area (Å²) in [4.78, 5) is 47.9. The molecular weight excluding hydrogens is 514 g/mol. The van der Waals surface area contributed by atoms with Crippen molar-refractivity contribution in [2.75, 3.05) is 25.2 Å². The first-order valence-corrected chi connectivity index (χ1v) is 13.6. The summed E-state index contributed by atoms with van der Waals surface area (Å²) in [7, 11) is 1.57. The summed E-state index contributed by atoms with van der Waals surface area (Å²) in [6, 6.07) is 13.9. The molecule has 0 aliphatic carbocycles. The van der Waals surface area contributed by atoms with Crippen molar-refractivity contribution in [1.29, 1.82) is 0 Å². The first-order valence-electron chi connectivity index (χ1n) is 12.8. The Bertz CT molecular complexity index is 1680. The second kappa shape index (κ2) is 10.9. The van der Waals surface area contributed by atoms with Crippen LogP contribution in [0.2, 0.25) is 0 Å². The number of anilines is 1. The monoisotopic (exact) mass is 543 g/mol. The predicted molar refractivity (Wildman–Crippen MR) is 151 cm³/mol. The van der Waals surface area contributed by atoms with E-state index in [1.165, 1.54) is 22.0 Å². The maximum Gasteiger partial charge on any atom is 0.338 e. The molecule has 0 N–H and O–H groups in total. The number of aromatic nitrogens is 1. The Morgan fingerprint density at radius 1 is 1.15 bits per heavy atom. The Morgan fingerprint density at radius 3 is 2.59 bits per heavy atom. The van der Waals surface area contributed by atoms with Crippen LogP contribution in [0.1, 0.15) is 43.9 Å². The van der Waals surface area contributed by atoms with E-state index in [0.717, 1.165) is 24.1 Å². The van der Waals surface area contributed by atoms with Gasteiger partial charge in [0, 0.05) is 12.1 Å². The lowest BCUT2D eigenvalue weighted by molar-refractivity contribution is -0.138. The molecule has 0 saturated carbocycles. The highest BCUT2D eigenvalue weighted by molar-refractivity contribution is 7.07.